The van der Waals surface area contributed by atoms with Crippen LogP contribution in [0.2, 0.25) is 0 Å². The predicted molar refractivity (Wildman–Crippen MR) is 217 cm³/mol. The second-order valence-corrected chi connectivity index (χ2v) is 15.5. The smallest absolute Gasteiger partial charge is 0.254 e. The molecule has 0 spiro atoms. The topological polar surface area (TPSA) is 112 Å². The van der Waals surface area contributed by atoms with Crippen LogP contribution in [0.3, 0.4) is 0 Å². The van der Waals surface area contributed by atoms with Gasteiger partial charge in [0.1, 0.15) is 41.2 Å². The Balaban J connectivity index is 1.15. The molecule has 2 atom stereocenters. The molecule has 0 saturated heterocycles. The first-order valence-electron chi connectivity index (χ1n) is 17.9. The summed E-state index contributed by atoms with van der Waals surface area (Å²) in [6.45, 7) is 0. The van der Waals surface area contributed by atoms with E-state index in [1.807, 2.05) is 17.5 Å². The second-order valence-electron chi connectivity index (χ2n) is 13.7. The van der Waals surface area contributed by atoms with E-state index in [0.717, 1.165) is 57.3 Å². The van der Waals surface area contributed by atoms with Crippen molar-refractivity contribution in [1.82, 2.24) is 15.6 Å². The summed E-state index contributed by atoms with van der Waals surface area (Å²) in [5.74, 6) is -8.13. The number of thiazole rings is 1. The van der Waals surface area contributed by atoms with Gasteiger partial charge >= 0.3 is 0 Å². The van der Waals surface area contributed by atoms with Crippen molar-refractivity contribution in [2.45, 2.75) is 24.9 Å². The van der Waals surface area contributed by atoms with E-state index in [4.69, 9.17) is 0 Å². The molecule has 0 bridgehead atoms. The lowest BCUT2D eigenvalue weighted by Gasteiger charge is -2.26. The summed E-state index contributed by atoms with van der Waals surface area (Å²) in [6, 6.07) is 17.5. The van der Waals surface area contributed by atoms with Crippen LogP contribution in [0, 0.1) is 29.1 Å². The van der Waals surface area contributed by atoms with E-state index in [0.29, 0.717) is 29.0 Å². The molecule has 16 heteroatoms. The van der Waals surface area contributed by atoms with E-state index < -0.39 is 70.4 Å². The number of thiophene rings is 1. The fraction of sp³-hybridized carbons (Fsp3) is 0.140. The number of nitrogens with one attached hydrogen (secondary N) is 2. The number of carbonyl (C=O) groups excluding carboxylic acids is 4. The second kappa shape index (κ2) is 17.1. The minimum atomic E-state index is -1.48. The molecular weight excluding hydrogens is 810 g/mol. The predicted octanol–water partition coefficient (Wildman–Crippen LogP) is 8.21. The summed E-state index contributed by atoms with van der Waals surface area (Å²) in [7, 11) is 2.91. The number of halogens is 5. The number of anilines is 2. The van der Waals surface area contributed by atoms with E-state index in [-0.39, 0.29) is 29.5 Å². The first-order chi connectivity index (χ1) is 28.2. The number of carbonyl (C=O) groups is 4. The number of aromatic nitrogens is 1. The van der Waals surface area contributed by atoms with E-state index in [1.165, 1.54) is 46.6 Å². The first-order valence-corrected chi connectivity index (χ1v) is 19.6. The Hall–Kier alpha value is -6.52. The van der Waals surface area contributed by atoms with E-state index in [9.17, 15) is 36.7 Å². The van der Waals surface area contributed by atoms with Gasteiger partial charge in [-0.05, 0) is 107 Å². The SMILES string of the molecule is CN(C(=O)[C@H](Cc1cc(F)cc(F)c1)NC(=O)c1ccc(F)c(C(=O)N[C@@H](Cc2cc(F)cc(F)c2)C(=O)N(C)c2ccc3sccc3c2)c1)c1ccc2scnc2c1. The zero-order valence-corrected chi connectivity index (χ0v) is 32.8. The van der Waals surface area contributed by atoms with Crippen LogP contribution in [0.15, 0.2) is 108 Å². The van der Waals surface area contributed by atoms with Gasteiger partial charge in [0.15, 0.2) is 0 Å². The Morgan fingerprint density at radius 3 is 1.75 bits per heavy atom. The number of likely N-dealkylation sites (N-methyl/N-ethyl adjacent to an activating group) is 2. The fourth-order valence-electron chi connectivity index (χ4n) is 6.59. The Morgan fingerprint density at radius 1 is 0.610 bits per heavy atom. The molecule has 59 heavy (non-hydrogen) atoms. The van der Waals surface area contributed by atoms with Crippen molar-refractivity contribution < 1.29 is 41.1 Å². The number of hydrogen-bond acceptors (Lipinski definition) is 7. The van der Waals surface area contributed by atoms with Gasteiger partial charge in [0.05, 0.1) is 21.3 Å². The van der Waals surface area contributed by atoms with Gasteiger partial charge in [-0.2, -0.15) is 0 Å². The number of rotatable bonds is 12. The van der Waals surface area contributed by atoms with Crippen molar-refractivity contribution in [2.75, 3.05) is 23.9 Å². The van der Waals surface area contributed by atoms with Crippen molar-refractivity contribution in [3.05, 3.63) is 159 Å². The summed E-state index contributed by atoms with van der Waals surface area (Å²) in [5, 5.41) is 7.77. The van der Waals surface area contributed by atoms with Gasteiger partial charge in [0, 0.05) is 60.7 Å². The van der Waals surface area contributed by atoms with Gasteiger partial charge in [-0.1, -0.05) is 0 Å². The highest BCUT2D eigenvalue weighted by Crippen LogP contribution is 2.27. The number of benzene rings is 5. The highest BCUT2D eigenvalue weighted by molar-refractivity contribution is 7.17. The molecule has 2 N–H and O–H groups in total. The molecular formula is C43H32F5N5O4S2. The third-order valence-electron chi connectivity index (χ3n) is 9.59. The van der Waals surface area contributed by atoms with Crippen LogP contribution in [0.25, 0.3) is 20.3 Å². The molecule has 7 rings (SSSR count). The molecule has 9 nitrogen and oxygen atoms in total. The van der Waals surface area contributed by atoms with Gasteiger partial charge in [0.2, 0.25) is 11.8 Å². The maximum atomic E-state index is 15.4. The van der Waals surface area contributed by atoms with Gasteiger partial charge in [0.25, 0.3) is 11.8 Å². The molecule has 7 aromatic rings. The molecule has 0 aliphatic heterocycles. The van der Waals surface area contributed by atoms with Crippen molar-refractivity contribution in [1.29, 1.82) is 0 Å². The minimum absolute atomic E-state index is 0.0294. The van der Waals surface area contributed by atoms with E-state index >= 15 is 4.39 Å². The average molecular weight is 842 g/mol. The van der Waals surface area contributed by atoms with E-state index in [2.05, 4.69) is 15.6 Å². The molecule has 0 saturated carbocycles. The molecule has 2 heterocycles. The monoisotopic (exact) mass is 841 g/mol. The lowest BCUT2D eigenvalue weighted by atomic mass is 10.0. The first kappa shape index (κ1) is 40.7. The van der Waals surface area contributed by atoms with Crippen molar-refractivity contribution in [2.24, 2.45) is 0 Å². The average Bonchev–Trinajstić information content (AvgIpc) is 3.88. The van der Waals surface area contributed by atoms with E-state index in [1.54, 1.807) is 35.8 Å². The zero-order valence-electron chi connectivity index (χ0n) is 31.1. The summed E-state index contributed by atoms with van der Waals surface area (Å²) in [4.78, 5) is 62.3. The highest BCUT2D eigenvalue weighted by atomic mass is 32.1. The van der Waals surface area contributed by atoms with Crippen LogP contribution >= 0.6 is 22.7 Å². The van der Waals surface area contributed by atoms with Crippen molar-refractivity contribution >= 4 is 78.0 Å². The van der Waals surface area contributed by atoms with Crippen LogP contribution in [0.4, 0.5) is 33.3 Å². The maximum Gasteiger partial charge on any atom is 0.254 e. The lowest BCUT2D eigenvalue weighted by molar-refractivity contribution is -0.120. The molecule has 0 fully saturated rings. The highest BCUT2D eigenvalue weighted by Gasteiger charge is 2.30. The van der Waals surface area contributed by atoms with Gasteiger partial charge in [-0.15, -0.1) is 22.7 Å². The minimum Gasteiger partial charge on any atom is -0.340 e. The van der Waals surface area contributed by atoms with Crippen LogP contribution in [0.1, 0.15) is 31.8 Å². The Labute approximate surface area is 341 Å². The summed E-state index contributed by atoms with van der Waals surface area (Å²) in [6.07, 6.45) is -0.742. The Bertz CT molecular complexity index is 2720. The third kappa shape index (κ3) is 9.29. The molecule has 300 valence electrons. The largest absolute Gasteiger partial charge is 0.340 e. The molecule has 4 amide bonds. The number of hydrogen-bond donors (Lipinski definition) is 2. The molecule has 0 aliphatic rings. The molecule has 2 aromatic heterocycles. The Kier molecular flexibility index (Phi) is 11.8. The van der Waals surface area contributed by atoms with Gasteiger partial charge in [-0.3, -0.25) is 19.2 Å². The maximum absolute atomic E-state index is 15.4. The summed E-state index contributed by atoms with van der Waals surface area (Å²) in [5.41, 5.74) is 2.28. The molecule has 0 aliphatic carbocycles. The van der Waals surface area contributed by atoms with Crippen LogP contribution in [0.5, 0.6) is 0 Å². The number of fused-ring (bicyclic) bond motifs is 2. The number of amides is 4. The van der Waals surface area contributed by atoms with Gasteiger partial charge in [-0.25, -0.2) is 26.9 Å². The molecule has 5 aromatic carbocycles. The zero-order chi connectivity index (χ0) is 42.0. The number of nitrogens with zero attached hydrogens (tertiary/aromatic N) is 3. The Morgan fingerprint density at radius 2 is 1.15 bits per heavy atom. The quantitative estimate of drug-likeness (QED) is 0.121. The van der Waals surface area contributed by atoms with Gasteiger partial charge < -0.3 is 20.4 Å². The molecule has 0 radical (unpaired) electrons. The van der Waals surface area contributed by atoms with Crippen molar-refractivity contribution in [3.8, 4) is 0 Å². The summed E-state index contributed by atoms with van der Waals surface area (Å²) < 4.78 is 74.1. The molecule has 0 unspecified atom stereocenters. The lowest BCUT2D eigenvalue weighted by Crippen LogP contribution is -2.49. The van der Waals surface area contributed by atoms with Crippen molar-refractivity contribution in [3.63, 3.8) is 0 Å². The third-order valence-corrected chi connectivity index (χ3v) is 11.3. The van der Waals surface area contributed by atoms with Crippen LogP contribution < -0.4 is 20.4 Å². The fourth-order valence-corrected chi connectivity index (χ4v) is 8.02. The summed E-state index contributed by atoms with van der Waals surface area (Å²) >= 11 is 2.90. The van der Waals surface area contributed by atoms with Crippen LogP contribution in [-0.2, 0) is 22.4 Å². The standard InChI is InChI=1S/C43H32F5N5O4S2/c1-52(31-4-7-38-25(17-31)9-10-58-38)43(57)37(16-24-13-29(46)20-30(47)14-24)51-41(55)33-18-26(3-6-34(33)48)40(54)50-36(15-23-11-27(44)19-28(45)12-23)42(56)53(2)32-5-8-39-35(21-32)49-22-59-39/h3-14,17-22,36-37H,15-16H2,1-2H3,(H,50,54)(H,51,55)/t36-,37-/m0/s1. The normalized spacial score (nSPS) is 12.3. The van der Waals surface area contributed by atoms with Crippen LogP contribution in [-0.4, -0.2) is 54.8 Å².